The van der Waals surface area contributed by atoms with Gasteiger partial charge in [-0.15, -0.1) is 5.10 Å². The molecule has 0 fully saturated rings. The predicted molar refractivity (Wildman–Crippen MR) is 79.8 cm³/mol. The van der Waals surface area contributed by atoms with E-state index in [1.807, 2.05) is 12.1 Å². The van der Waals surface area contributed by atoms with Crippen molar-refractivity contribution in [3.63, 3.8) is 0 Å². The summed E-state index contributed by atoms with van der Waals surface area (Å²) in [6.45, 7) is 0. The van der Waals surface area contributed by atoms with Crippen LogP contribution in [0, 0.1) is 17.1 Å². The Kier molecular flexibility index (Phi) is 4.12. The van der Waals surface area contributed by atoms with E-state index < -0.39 is 0 Å². The van der Waals surface area contributed by atoms with Crippen molar-refractivity contribution in [2.24, 2.45) is 0 Å². The fourth-order valence-electron chi connectivity index (χ4n) is 1.86. The molecule has 0 unspecified atom stereocenters. The largest absolute Gasteiger partial charge is 0.214 e. The molecule has 0 saturated carbocycles. The van der Waals surface area contributed by atoms with Crippen molar-refractivity contribution in [3.8, 4) is 11.8 Å². The summed E-state index contributed by atoms with van der Waals surface area (Å²) >= 11 is 1.44. The van der Waals surface area contributed by atoms with Gasteiger partial charge in [-0.25, -0.2) is 4.39 Å². The molecule has 1 aromatic heterocycles. The summed E-state index contributed by atoms with van der Waals surface area (Å²) in [5, 5.41) is 20.9. The molecule has 0 aliphatic rings. The molecule has 0 N–H and O–H groups in total. The number of benzene rings is 2. The number of aromatic nitrogens is 4. The second-order valence-electron chi connectivity index (χ2n) is 4.45. The van der Waals surface area contributed by atoms with Gasteiger partial charge < -0.3 is 0 Å². The number of hydrogen-bond acceptors (Lipinski definition) is 5. The highest BCUT2D eigenvalue weighted by atomic mass is 32.2. The number of tetrazole rings is 1. The van der Waals surface area contributed by atoms with Gasteiger partial charge >= 0.3 is 0 Å². The Morgan fingerprint density at radius 3 is 2.73 bits per heavy atom. The smallest absolute Gasteiger partial charge is 0.207 e. The summed E-state index contributed by atoms with van der Waals surface area (Å²) in [6, 6.07) is 15.5. The van der Waals surface area contributed by atoms with Crippen molar-refractivity contribution in [2.75, 3.05) is 0 Å². The maximum Gasteiger partial charge on any atom is 0.214 e. The lowest BCUT2D eigenvalue weighted by atomic mass is 10.2. The average molecular weight is 311 g/mol. The van der Waals surface area contributed by atoms with Crippen molar-refractivity contribution in [3.05, 3.63) is 65.5 Å². The fraction of sp³-hybridized carbons (Fsp3) is 0.0667. The lowest BCUT2D eigenvalue weighted by molar-refractivity contribution is 0.623. The Balaban J connectivity index is 1.76. The molecular weight excluding hydrogens is 301 g/mol. The third-order valence-corrected chi connectivity index (χ3v) is 3.94. The first kappa shape index (κ1) is 14.2. The van der Waals surface area contributed by atoms with Gasteiger partial charge in [-0.3, -0.25) is 0 Å². The summed E-state index contributed by atoms with van der Waals surface area (Å²) in [5.41, 5.74) is 2.25. The summed E-state index contributed by atoms with van der Waals surface area (Å²) in [4.78, 5) is 0. The van der Waals surface area contributed by atoms with Gasteiger partial charge in [0.1, 0.15) is 5.82 Å². The van der Waals surface area contributed by atoms with Crippen LogP contribution in [0.25, 0.3) is 5.69 Å². The van der Waals surface area contributed by atoms with Gasteiger partial charge in [0.15, 0.2) is 0 Å². The van der Waals surface area contributed by atoms with E-state index in [-0.39, 0.29) is 5.82 Å². The van der Waals surface area contributed by atoms with Crippen LogP contribution in [0.4, 0.5) is 4.39 Å². The molecule has 7 heteroatoms. The Morgan fingerprint density at radius 2 is 2.00 bits per heavy atom. The molecule has 0 amide bonds. The van der Waals surface area contributed by atoms with Crippen LogP contribution in [-0.4, -0.2) is 20.2 Å². The van der Waals surface area contributed by atoms with Crippen molar-refractivity contribution in [1.82, 2.24) is 20.2 Å². The van der Waals surface area contributed by atoms with Crippen LogP contribution >= 0.6 is 11.8 Å². The van der Waals surface area contributed by atoms with Gasteiger partial charge in [0.05, 0.1) is 17.3 Å². The highest BCUT2D eigenvalue weighted by Crippen LogP contribution is 2.22. The molecule has 5 nitrogen and oxygen atoms in total. The second-order valence-corrected chi connectivity index (χ2v) is 5.39. The first-order valence-electron chi connectivity index (χ1n) is 6.42. The third kappa shape index (κ3) is 3.13. The maximum absolute atomic E-state index is 13.3. The lowest BCUT2D eigenvalue weighted by Gasteiger charge is -2.04. The van der Waals surface area contributed by atoms with Crippen molar-refractivity contribution in [2.45, 2.75) is 10.9 Å². The quantitative estimate of drug-likeness (QED) is 0.693. The minimum absolute atomic E-state index is 0.337. The molecule has 0 aliphatic carbocycles. The van der Waals surface area contributed by atoms with Crippen LogP contribution in [0.1, 0.15) is 11.1 Å². The summed E-state index contributed by atoms with van der Waals surface area (Å²) < 4.78 is 14.8. The number of halogens is 1. The van der Waals surface area contributed by atoms with Crippen molar-refractivity contribution in [1.29, 1.82) is 5.26 Å². The van der Waals surface area contributed by atoms with Crippen LogP contribution in [0.2, 0.25) is 0 Å². The van der Waals surface area contributed by atoms with Gasteiger partial charge in [-0.05, 0) is 46.3 Å². The van der Waals surface area contributed by atoms with E-state index in [1.54, 1.807) is 24.3 Å². The number of hydrogen-bond donors (Lipinski definition) is 0. The SMILES string of the molecule is N#Cc1ccc(CSc2nnnn2-c2cccc(F)c2)cc1. The fourth-order valence-corrected chi connectivity index (χ4v) is 2.71. The van der Waals surface area contributed by atoms with E-state index in [9.17, 15) is 4.39 Å². The highest BCUT2D eigenvalue weighted by molar-refractivity contribution is 7.98. The topological polar surface area (TPSA) is 67.4 Å². The molecule has 0 atom stereocenters. The van der Waals surface area contributed by atoms with E-state index in [1.165, 1.54) is 28.6 Å². The second kappa shape index (κ2) is 6.37. The summed E-state index contributed by atoms with van der Waals surface area (Å²) in [7, 11) is 0. The molecule has 1 heterocycles. The third-order valence-electron chi connectivity index (χ3n) is 2.94. The van der Waals surface area contributed by atoms with Gasteiger partial charge in [-0.1, -0.05) is 30.0 Å². The highest BCUT2D eigenvalue weighted by Gasteiger charge is 2.09. The Bertz CT molecular complexity index is 822. The maximum atomic E-state index is 13.3. The zero-order valence-corrected chi connectivity index (χ0v) is 12.2. The van der Waals surface area contributed by atoms with E-state index in [0.29, 0.717) is 22.2 Å². The van der Waals surface area contributed by atoms with E-state index in [2.05, 4.69) is 21.6 Å². The van der Waals surface area contributed by atoms with Crippen LogP contribution in [-0.2, 0) is 5.75 Å². The Hall–Kier alpha value is -2.72. The zero-order valence-electron chi connectivity index (χ0n) is 11.3. The van der Waals surface area contributed by atoms with E-state index in [4.69, 9.17) is 5.26 Å². The minimum Gasteiger partial charge on any atom is -0.207 e. The first-order chi connectivity index (χ1) is 10.8. The summed E-state index contributed by atoms with van der Waals surface area (Å²) in [5.74, 6) is 0.317. The first-order valence-corrected chi connectivity index (χ1v) is 7.41. The molecule has 0 aliphatic heterocycles. The molecule has 3 aromatic rings. The van der Waals surface area contributed by atoms with Gasteiger partial charge in [-0.2, -0.15) is 9.94 Å². The minimum atomic E-state index is -0.337. The van der Waals surface area contributed by atoms with Crippen LogP contribution < -0.4 is 0 Å². The summed E-state index contributed by atoms with van der Waals surface area (Å²) in [6.07, 6.45) is 0. The molecule has 3 rings (SSSR count). The zero-order chi connectivity index (χ0) is 15.4. The predicted octanol–water partition coefficient (Wildman–Crippen LogP) is 2.97. The normalized spacial score (nSPS) is 10.4. The molecule has 108 valence electrons. The molecule has 0 saturated heterocycles. The monoisotopic (exact) mass is 311 g/mol. The van der Waals surface area contributed by atoms with Crippen molar-refractivity contribution < 1.29 is 4.39 Å². The standard InChI is InChI=1S/C15H10FN5S/c16-13-2-1-3-14(8-13)21-15(18-19-20-21)22-10-12-6-4-11(9-17)5-7-12/h1-8H,10H2. The number of thioether (sulfide) groups is 1. The van der Waals surface area contributed by atoms with Crippen LogP contribution in [0.5, 0.6) is 0 Å². The van der Waals surface area contributed by atoms with Gasteiger partial charge in [0, 0.05) is 5.75 Å². The van der Waals surface area contributed by atoms with E-state index in [0.717, 1.165) is 5.56 Å². The number of rotatable bonds is 4. The van der Waals surface area contributed by atoms with Crippen LogP contribution in [0.3, 0.4) is 0 Å². The van der Waals surface area contributed by atoms with Crippen LogP contribution in [0.15, 0.2) is 53.7 Å². The molecular formula is C15H10FN5S. The van der Waals surface area contributed by atoms with Gasteiger partial charge in [0.25, 0.3) is 0 Å². The van der Waals surface area contributed by atoms with E-state index >= 15 is 0 Å². The lowest BCUT2D eigenvalue weighted by Crippen LogP contribution is -1.99. The molecule has 0 spiro atoms. The average Bonchev–Trinajstić information content (AvgIpc) is 3.02. The van der Waals surface area contributed by atoms with Crippen molar-refractivity contribution >= 4 is 11.8 Å². The number of nitriles is 1. The molecule has 0 bridgehead atoms. The Labute approximate surface area is 130 Å². The number of nitrogens with zero attached hydrogens (tertiary/aromatic N) is 5. The molecule has 22 heavy (non-hydrogen) atoms. The molecule has 2 aromatic carbocycles. The van der Waals surface area contributed by atoms with Gasteiger partial charge in [0.2, 0.25) is 5.16 Å². The Morgan fingerprint density at radius 1 is 1.18 bits per heavy atom. The molecule has 0 radical (unpaired) electrons.